The molecular formula is C16H22ClN3O2. The number of hydrogen-bond acceptors (Lipinski definition) is 4. The molecular weight excluding hydrogens is 302 g/mol. The van der Waals surface area contributed by atoms with Gasteiger partial charge in [-0.1, -0.05) is 11.6 Å². The lowest BCUT2D eigenvalue weighted by molar-refractivity contribution is 0.0644. The molecule has 1 atom stereocenters. The summed E-state index contributed by atoms with van der Waals surface area (Å²) >= 11 is 5.93. The summed E-state index contributed by atoms with van der Waals surface area (Å²) in [7, 11) is 1.58. The highest BCUT2D eigenvalue weighted by Gasteiger charge is 2.13. The molecule has 0 saturated carbocycles. The van der Waals surface area contributed by atoms with E-state index in [1.165, 1.54) is 0 Å². The minimum Gasteiger partial charge on any atom is -0.389 e. The molecule has 1 aromatic heterocycles. The molecule has 2 aromatic rings. The lowest BCUT2D eigenvalue weighted by Gasteiger charge is -2.11. The summed E-state index contributed by atoms with van der Waals surface area (Å²) in [6, 6.07) is 7.60. The van der Waals surface area contributed by atoms with Crippen molar-refractivity contribution in [3.05, 3.63) is 46.2 Å². The number of hydrogen-bond donors (Lipinski definition) is 2. The fraction of sp³-hybridized carbons (Fsp3) is 0.438. The Morgan fingerprint density at radius 2 is 2.00 bits per heavy atom. The SMILES string of the molecule is COCC(O)CNCc1c(C)nn(-c2ccc(Cl)cc2)c1C. The summed E-state index contributed by atoms with van der Waals surface area (Å²) in [5, 5.41) is 18.2. The Morgan fingerprint density at radius 1 is 1.32 bits per heavy atom. The minimum absolute atomic E-state index is 0.328. The highest BCUT2D eigenvalue weighted by molar-refractivity contribution is 6.30. The van der Waals surface area contributed by atoms with E-state index in [0.29, 0.717) is 24.7 Å². The first kappa shape index (κ1) is 17.0. The summed E-state index contributed by atoms with van der Waals surface area (Å²) in [5.74, 6) is 0. The van der Waals surface area contributed by atoms with Crippen molar-refractivity contribution in [2.45, 2.75) is 26.5 Å². The smallest absolute Gasteiger partial charge is 0.0897 e. The second kappa shape index (κ2) is 7.74. The quantitative estimate of drug-likeness (QED) is 0.820. The molecule has 0 spiro atoms. The molecule has 1 heterocycles. The van der Waals surface area contributed by atoms with Crippen LogP contribution in [0, 0.1) is 13.8 Å². The second-order valence-corrected chi connectivity index (χ2v) is 5.71. The summed E-state index contributed by atoms with van der Waals surface area (Å²) in [5.41, 5.74) is 4.17. The normalized spacial score (nSPS) is 12.6. The van der Waals surface area contributed by atoms with Crippen molar-refractivity contribution in [1.29, 1.82) is 0 Å². The molecule has 0 saturated heterocycles. The van der Waals surface area contributed by atoms with Crippen LogP contribution in [0.4, 0.5) is 0 Å². The van der Waals surface area contributed by atoms with Gasteiger partial charge in [0.15, 0.2) is 0 Å². The molecule has 0 aliphatic rings. The van der Waals surface area contributed by atoms with Gasteiger partial charge >= 0.3 is 0 Å². The summed E-state index contributed by atoms with van der Waals surface area (Å²) < 4.78 is 6.82. The molecule has 5 nitrogen and oxygen atoms in total. The van der Waals surface area contributed by atoms with Gasteiger partial charge in [0.05, 0.1) is 24.1 Å². The molecule has 120 valence electrons. The lowest BCUT2D eigenvalue weighted by Crippen LogP contribution is -2.29. The molecule has 0 bridgehead atoms. The van der Waals surface area contributed by atoms with Gasteiger partial charge < -0.3 is 15.2 Å². The molecule has 0 radical (unpaired) electrons. The number of nitrogens with one attached hydrogen (secondary N) is 1. The Balaban J connectivity index is 2.09. The Labute approximate surface area is 135 Å². The number of benzene rings is 1. The zero-order valence-electron chi connectivity index (χ0n) is 13.1. The van der Waals surface area contributed by atoms with Crippen LogP contribution in [-0.2, 0) is 11.3 Å². The predicted molar refractivity (Wildman–Crippen MR) is 87.6 cm³/mol. The highest BCUT2D eigenvalue weighted by atomic mass is 35.5. The second-order valence-electron chi connectivity index (χ2n) is 5.28. The highest BCUT2D eigenvalue weighted by Crippen LogP contribution is 2.19. The number of aliphatic hydroxyl groups excluding tert-OH is 1. The number of ether oxygens (including phenoxy) is 1. The third-order valence-electron chi connectivity index (χ3n) is 3.55. The molecule has 0 amide bonds. The molecule has 6 heteroatoms. The van der Waals surface area contributed by atoms with Crippen molar-refractivity contribution in [3.8, 4) is 5.69 Å². The van der Waals surface area contributed by atoms with Gasteiger partial charge in [0.1, 0.15) is 0 Å². The van der Waals surface area contributed by atoms with Gasteiger partial charge in [-0.25, -0.2) is 4.68 Å². The first-order valence-corrected chi connectivity index (χ1v) is 7.59. The summed E-state index contributed by atoms with van der Waals surface area (Å²) in [4.78, 5) is 0. The fourth-order valence-corrected chi connectivity index (χ4v) is 2.51. The average Bonchev–Trinajstić information content (AvgIpc) is 2.76. The summed E-state index contributed by atoms with van der Waals surface area (Å²) in [6.07, 6.45) is -0.503. The maximum Gasteiger partial charge on any atom is 0.0897 e. The molecule has 2 rings (SSSR count). The Bertz CT molecular complexity index is 611. The zero-order chi connectivity index (χ0) is 16.1. The van der Waals surface area contributed by atoms with Gasteiger partial charge in [-0.3, -0.25) is 0 Å². The van der Waals surface area contributed by atoms with Crippen molar-refractivity contribution < 1.29 is 9.84 Å². The number of methoxy groups -OCH3 is 1. The van der Waals surface area contributed by atoms with E-state index in [2.05, 4.69) is 10.4 Å². The van der Waals surface area contributed by atoms with Crippen LogP contribution in [0.5, 0.6) is 0 Å². The molecule has 0 fully saturated rings. The van der Waals surface area contributed by atoms with E-state index < -0.39 is 6.10 Å². The predicted octanol–water partition coefficient (Wildman–Crippen LogP) is 2.24. The fourth-order valence-electron chi connectivity index (χ4n) is 2.38. The van der Waals surface area contributed by atoms with E-state index in [1.54, 1.807) is 7.11 Å². The number of aliphatic hydroxyl groups is 1. The first-order chi connectivity index (χ1) is 10.5. The summed E-state index contributed by atoms with van der Waals surface area (Å²) in [6.45, 7) is 5.50. The van der Waals surface area contributed by atoms with Crippen LogP contribution in [0.25, 0.3) is 5.69 Å². The number of halogens is 1. The van der Waals surface area contributed by atoms with Crippen molar-refractivity contribution in [2.24, 2.45) is 0 Å². The Hall–Kier alpha value is -1.40. The van der Waals surface area contributed by atoms with Crippen LogP contribution < -0.4 is 5.32 Å². The molecule has 2 N–H and O–H groups in total. The van der Waals surface area contributed by atoms with Gasteiger partial charge in [-0.2, -0.15) is 5.10 Å². The van der Waals surface area contributed by atoms with Gasteiger partial charge in [0.2, 0.25) is 0 Å². The zero-order valence-corrected chi connectivity index (χ0v) is 13.9. The van der Waals surface area contributed by atoms with Crippen molar-refractivity contribution >= 4 is 11.6 Å². The first-order valence-electron chi connectivity index (χ1n) is 7.21. The van der Waals surface area contributed by atoms with Gasteiger partial charge in [-0.05, 0) is 38.1 Å². The molecule has 1 aromatic carbocycles. The van der Waals surface area contributed by atoms with Crippen LogP contribution in [0.1, 0.15) is 17.0 Å². The van der Waals surface area contributed by atoms with E-state index in [4.69, 9.17) is 16.3 Å². The van der Waals surface area contributed by atoms with Gasteiger partial charge in [0, 0.05) is 36.5 Å². The van der Waals surface area contributed by atoms with Crippen LogP contribution in [0.3, 0.4) is 0 Å². The number of aromatic nitrogens is 2. The van der Waals surface area contributed by atoms with E-state index in [9.17, 15) is 5.11 Å². The Morgan fingerprint density at radius 3 is 2.64 bits per heavy atom. The van der Waals surface area contributed by atoms with Gasteiger partial charge in [-0.15, -0.1) is 0 Å². The van der Waals surface area contributed by atoms with Crippen LogP contribution in [0.15, 0.2) is 24.3 Å². The minimum atomic E-state index is -0.503. The third-order valence-corrected chi connectivity index (χ3v) is 3.81. The molecule has 0 aliphatic heterocycles. The van der Waals surface area contributed by atoms with E-state index in [-0.39, 0.29) is 0 Å². The third kappa shape index (κ3) is 4.08. The largest absolute Gasteiger partial charge is 0.389 e. The molecule has 22 heavy (non-hydrogen) atoms. The van der Waals surface area contributed by atoms with E-state index in [0.717, 1.165) is 22.6 Å². The lowest BCUT2D eigenvalue weighted by atomic mass is 10.2. The number of aryl methyl sites for hydroxylation is 1. The monoisotopic (exact) mass is 323 g/mol. The van der Waals surface area contributed by atoms with Crippen LogP contribution >= 0.6 is 11.6 Å². The number of rotatable bonds is 7. The molecule has 1 unspecified atom stereocenters. The Kier molecular flexibility index (Phi) is 5.97. The van der Waals surface area contributed by atoms with Gasteiger partial charge in [0.25, 0.3) is 0 Å². The van der Waals surface area contributed by atoms with E-state index >= 15 is 0 Å². The van der Waals surface area contributed by atoms with Crippen LogP contribution in [0.2, 0.25) is 5.02 Å². The van der Waals surface area contributed by atoms with Crippen molar-refractivity contribution in [1.82, 2.24) is 15.1 Å². The van der Waals surface area contributed by atoms with E-state index in [1.807, 2.05) is 42.8 Å². The average molecular weight is 324 g/mol. The van der Waals surface area contributed by atoms with Crippen LogP contribution in [-0.4, -0.2) is 41.3 Å². The van der Waals surface area contributed by atoms with Crippen molar-refractivity contribution in [2.75, 3.05) is 20.3 Å². The topological polar surface area (TPSA) is 59.3 Å². The van der Waals surface area contributed by atoms with Crippen molar-refractivity contribution in [3.63, 3.8) is 0 Å². The number of nitrogens with zero attached hydrogens (tertiary/aromatic N) is 2. The standard InChI is InChI=1S/C16H22ClN3O2/c1-11-16(9-18-8-15(21)10-22-3)12(2)20(19-11)14-6-4-13(17)5-7-14/h4-7,15,18,21H,8-10H2,1-3H3. The maximum absolute atomic E-state index is 9.65. The molecule has 0 aliphatic carbocycles. The maximum atomic E-state index is 9.65.